The van der Waals surface area contributed by atoms with Gasteiger partial charge in [0.05, 0.1) is 25.3 Å². The topological polar surface area (TPSA) is 102 Å². The van der Waals surface area contributed by atoms with Crippen LogP contribution in [0.1, 0.15) is 5.56 Å². The van der Waals surface area contributed by atoms with E-state index < -0.39 is 24.0 Å². The van der Waals surface area contributed by atoms with Crippen LogP contribution in [0.25, 0.3) is 0 Å². The van der Waals surface area contributed by atoms with Crippen molar-refractivity contribution >= 4 is 11.9 Å². The van der Waals surface area contributed by atoms with Gasteiger partial charge in [0, 0.05) is 0 Å². The molecular weight excluding hydrogens is 260 g/mol. The number of amides is 1. The molecule has 2 rings (SSSR count). The molecule has 1 aromatic rings. The Bertz CT molecular complexity index is 477. The van der Waals surface area contributed by atoms with Gasteiger partial charge < -0.3 is 20.9 Å². The van der Waals surface area contributed by atoms with E-state index in [0.717, 1.165) is 5.56 Å². The van der Waals surface area contributed by atoms with E-state index in [2.05, 4.69) is 5.32 Å². The number of nitrogens with two attached hydrogens (primary N) is 1. The third-order valence-electron chi connectivity index (χ3n) is 3.36. The van der Waals surface area contributed by atoms with Crippen molar-refractivity contribution in [2.24, 2.45) is 11.7 Å². The number of carboxylic acids is 1. The molecule has 1 heterocycles. The van der Waals surface area contributed by atoms with Gasteiger partial charge in [-0.3, -0.25) is 9.59 Å². The molecule has 1 aromatic carbocycles. The molecule has 3 atom stereocenters. The zero-order valence-corrected chi connectivity index (χ0v) is 11.0. The molecule has 1 aliphatic rings. The Kier molecular flexibility index (Phi) is 4.70. The number of ether oxygens (including phenoxy) is 1. The van der Waals surface area contributed by atoms with Crippen molar-refractivity contribution in [3.8, 4) is 0 Å². The first-order valence-corrected chi connectivity index (χ1v) is 6.48. The summed E-state index contributed by atoms with van der Waals surface area (Å²) in [5, 5.41) is 11.7. The summed E-state index contributed by atoms with van der Waals surface area (Å²) in [4.78, 5) is 23.0. The normalized spacial score (nSPS) is 23.2. The molecule has 1 saturated heterocycles. The van der Waals surface area contributed by atoms with E-state index in [1.54, 1.807) is 0 Å². The van der Waals surface area contributed by atoms with E-state index in [-0.39, 0.29) is 19.1 Å². The maximum Gasteiger partial charge on any atom is 0.311 e. The summed E-state index contributed by atoms with van der Waals surface area (Å²) in [7, 11) is 0. The van der Waals surface area contributed by atoms with E-state index in [9.17, 15) is 9.59 Å². The van der Waals surface area contributed by atoms with E-state index in [0.29, 0.717) is 6.42 Å². The second kappa shape index (κ2) is 6.49. The SMILES string of the molecule is NC(Cc1ccccc1)C(=O)NC1COCC1C(=O)O. The molecule has 4 N–H and O–H groups in total. The van der Waals surface area contributed by atoms with E-state index in [1.807, 2.05) is 30.3 Å². The van der Waals surface area contributed by atoms with Gasteiger partial charge >= 0.3 is 5.97 Å². The number of nitrogens with one attached hydrogen (secondary N) is 1. The summed E-state index contributed by atoms with van der Waals surface area (Å²) in [6.45, 7) is 0.328. The Hall–Kier alpha value is -1.92. The van der Waals surface area contributed by atoms with Gasteiger partial charge in [0.25, 0.3) is 0 Å². The van der Waals surface area contributed by atoms with Crippen molar-refractivity contribution in [1.29, 1.82) is 0 Å². The third kappa shape index (κ3) is 3.55. The minimum absolute atomic E-state index is 0.119. The maximum atomic E-state index is 12.0. The Labute approximate surface area is 116 Å². The van der Waals surface area contributed by atoms with Crippen molar-refractivity contribution < 1.29 is 19.4 Å². The molecule has 0 bridgehead atoms. The monoisotopic (exact) mass is 278 g/mol. The molecule has 1 aliphatic heterocycles. The fourth-order valence-corrected chi connectivity index (χ4v) is 2.19. The van der Waals surface area contributed by atoms with Crippen LogP contribution in [0.15, 0.2) is 30.3 Å². The zero-order chi connectivity index (χ0) is 14.5. The van der Waals surface area contributed by atoms with Crippen LogP contribution in [0.4, 0.5) is 0 Å². The first-order valence-electron chi connectivity index (χ1n) is 6.48. The summed E-state index contributed by atoms with van der Waals surface area (Å²) in [5.74, 6) is -2.03. The number of carbonyl (C=O) groups excluding carboxylic acids is 1. The molecule has 20 heavy (non-hydrogen) atoms. The van der Waals surface area contributed by atoms with Crippen molar-refractivity contribution in [1.82, 2.24) is 5.32 Å². The average Bonchev–Trinajstić information content (AvgIpc) is 2.88. The summed E-state index contributed by atoms with van der Waals surface area (Å²) >= 11 is 0. The summed E-state index contributed by atoms with van der Waals surface area (Å²) in [5.41, 5.74) is 6.81. The molecule has 6 heteroatoms. The van der Waals surface area contributed by atoms with Crippen LogP contribution in [0.5, 0.6) is 0 Å². The van der Waals surface area contributed by atoms with Gasteiger partial charge in [0.1, 0.15) is 5.92 Å². The van der Waals surface area contributed by atoms with Gasteiger partial charge in [-0.2, -0.15) is 0 Å². The number of carbonyl (C=O) groups is 2. The predicted octanol–water partition coefficient (Wildman–Crippen LogP) is -0.228. The number of hydrogen-bond donors (Lipinski definition) is 3. The van der Waals surface area contributed by atoms with Crippen LogP contribution in [-0.2, 0) is 20.7 Å². The standard InChI is InChI=1S/C14H18N2O4/c15-11(6-9-4-2-1-3-5-9)13(17)16-12-8-20-7-10(12)14(18)19/h1-5,10-12H,6-8,15H2,(H,16,17)(H,18,19). The smallest absolute Gasteiger partial charge is 0.311 e. The first kappa shape index (κ1) is 14.5. The minimum Gasteiger partial charge on any atom is -0.481 e. The highest BCUT2D eigenvalue weighted by Crippen LogP contribution is 2.14. The van der Waals surface area contributed by atoms with Crippen molar-refractivity contribution in [2.75, 3.05) is 13.2 Å². The summed E-state index contributed by atoms with van der Waals surface area (Å²) < 4.78 is 5.09. The van der Waals surface area contributed by atoms with Crippen LogP contribution >= 0.6 is 0 Å². The second-order valence-corrected chi connectivity index (χ2v) is 4.89. The fourth-order valence-electron chi connectivity index (χ4n) is 2.19. The molecule has 0 aromatic heterocycles. The summed E-state index contributed by atoms with van der Waals surface area (Å²) in [6.07, 6.45) is 0.415. The maximum absolute atomic E-state index is 12.0. The van der Waals surface area contributed by atoms with Crippen molar-refractivity contribution in [2.45, 2.75) is 18.5 Å². The Morgan fingerprint density at radius 1 is 1.35 bits per heavy atom. The second-order valence-electron chi connectivity index (χ2n) is 4.89. The van der Waals surface area contributed by atoms with Crippen molar-refractivity contribution in [3.63, 3.8) is 0 Å². The molecule has 108 valence electrons. The predicted molar refractivity (Wildman–Crippen MR) is 72.0 cm³/mol. The minimum atomic E-state index is -0.968. The highest BCUT2D eigenvalue weighted by atomic mass is 16.5. The van der Waals surface area contributed by atoms with E-state index in [1.165, 1.54) is 0 Å². The number of benzene rings is 1. The van der Waals surface area contributed by atoms with Gasteiger partial charge in [0.15, 0.2) is 0 Å². The number of hydrogen-bond acceptors (Lipinski definition) is 4. The van der Waals surface area contributed by atoms with E-state index in [4.69, 9.17) is 15.6 Å². The van der Waals surface area contributed by atoms with Gasteiger partial charge in [-0.1, -0.05) is 30.3 Å². The van der Waals surface area contributed by atoms with Gasteiger partial charge in [0.2, 0.25) is 5.91 Å². The molecule has 1 amide bonds. The lowest BCUT2D eigenvalue weighted by Gasteiger charge is -2.18. The van der Waals surface area contributed by atoms with Gasteiger partial charge in [-0.15, -0.1) is 0 Å². The molecule has 6 nitrogen and oxygen atoms in total. The third-order valence-corrected chi connectivity index (χ3v) is 3.36. The molecule has 1 fully saturated rings. The molecule has 0 radical (unpaired) electrons. The molecular formula is C14H18N2O4. The number of rotatable bonds is 5. The Balaban J connectivity index is 1.89. The zero-order valence-electron chi connectivity index (χ0n) is 11.0. The van der Waals surface area contributed by atoms with Crippen LogP contribution in [0.2, 0.25) is 0 Å². The Morgan fingerprint density at radius 3 is 2.70 bits per heavy atom. The molecule has 0 aliphatic carbocycles. The van der Waals surface area contributed by atoms with Crippen LogP contribution in [-0.4, -0.2) is 42.3 Å². The largest absolute Gasteiger partial charge is 0.481 e. The lowest BCUT2D eigenvalue weighted by atomic mass is 10.0. The molecule has 0 saturated carbocycles. The molecule has 0 spiro atoms. The van der Waals surface area contributed by atoms with Gasteiger partial charge in [-0.25, -0.2) is 0 Å². The highest BCUT2D eigenvalue weighted by Gasteiger charge is 2.35. The lowest BCUT2D eigenvalue weighted by molar-refractivity contribution is -0.142. The lowest BCUT2D eigenvalue weighted by Crippen LogP contribution is -2.50. The fraction of sp³-hybridized carbons (Fsp3) is 0.429. The van der Waals surface area contributed by atoms with E-state index >= 15 is 0 Å². The number of aliphatic carboxylic acids is 1. The van der Waals surface area contributed by atoms with Crippen LogP contribution < -0.4 is 11.1 Å². The van der Waals surface area contributed by atoms with Gasteiger partial charge in [-0.05, 0) is 12.0 Å². The summed E-state index contributed by atoms with van der Waals surface area (Å²) in [6, 6.07) is 8.23. The Morgan fingerprint density at radius 2 is 2.05 bits per heavy atom. The van der Waals surface area contributed by atoms with Crippen LogP contribution in [0, 0.1) is 5.92 Å². The average molecular weight is 278 g/mol. The highest BCUT2D eigenvalue weighted by molar-refractivity contribution is 5.83. The first-order chi connectivity index (χ1) is 9.58. The molecule has 3 unspecified atom stereocenters. The van der Waals surface area contributed by atoms with Crippen LogP contribution in [0.3, 0.4) is 0 Å². The quantitative estimate of drug-likeness (QED) is 0.690. The number of carboxylic acid groups (broad SMARTS) is 1. The van der Waals surface area contributed by atoms with Crippen molar-refractivity contribution in [3.05, 3.63) is 35.9 Å².